The lowest BCUT2D eigenvalue weighted by molar-refractivity contribution is 0.146. The first kappa shape index (κ1) is 26.9. The molecule has 2 aromatic heterocycles. The van der Waals surface area contributed by atoms with Gasteiger partial charge in [0, 0.05) is 23.0 Å². The minimum atomic E-state index is -2.74. The van der Waals surface area contributed by atoms with Crippen LogP contribution in [0.3, 0.4) is 0 Å². The van der Waals surface area contributed by atoms with Gasteiger partial charge in [-0.2, -0.15) is 0 Å². The van der Waals surface area contributed by atoms with Gasteiger partial charge in [0.1, 0.15) is 27.7 Å². The number of methoxy groups -OCH3 is 1. The molecule has 1 atom stereocenters. The van der Waals surface area contributed by atoms with Crippen molar-refractivity contribution in [2.75, 3.05) is 32.6 Å². The molecule has 1 unspecified atom stereocenters. The van der Waals surface area contributed by atoms with Gasteiger partial charge in [0.05, 0.1) is 25.2 Å². The molecule has 194 valence electrons. The molecule has 7 nitrogen and oxygen atoms in total. The highest BCUT2D eigenvalue weighted by Crippen LogP contribution is 2.37. The van der Waals surface area contributed by atoms with Gasteiger partial charge in [0.25, 0.3) is 6.43 Å². The number of nitrogens with zero attached hydrogens (tertiary/aromatic N) is 3. The Morgan fingerprint density at radius 1 is 1.14 bits per heavy atom. The highest BCUT2D eigenvalue weighted by molar-refractivity contribution is 8.14. The van der Waals surface area contributed by atoms with Crippen molar-refractivity contribution in [3.63, 3.8) is 0 Å². The Morgan fingerprint density at radius 3 is 2.54 bits per heavy atom. The number of halogens is 2. The molecule has 0 aromatic carbocycles. The van der Waals surface area contributed by atoms with E-state index in [1.54, 1.807) is 12.3 Å². The van der Waals surface area contributed by atoms with Gasteiger partial charge in [0.2, 0.25) is 0 Å². The van der Waals surface area contributed by atoms with Crippen LogP contribution in [-0.2, 0) is 0 Å². The third-order valence-corrected chi connectivity index (χ3v) is 6.87. The molecule has 1 aliphatic carbocycles. The number of pyridine rings is 2. The van der Waals surface area contributed by atoms with Crippen molar-refractivity contribution in [2.45, 2.75) is 37.6 Å². The zero-order valence-electron chi connectivity index (χ0n) is 20.9. The number of ether oxygens (including phenoxy) is 1. The number of likely N-dealkylation sites (tertiary alicyclic amines) is 1. The lowest BCUT2D eigenvalue weighted by atomic mass is 9.97. The average molecular weight is 525 g/mol. The van der Waals surface area contributed by atoms with Crippen LogP contribution >= 0.6 is 11.8 Å². The second kappa shape index (κ2) is 12.4. The quantitative estimate of drug-likeness (QED) is 0.220. The number of anilines is 1. The fraction of sp³-hybridized carbons (Fsp3) is 0.444. The van der Waals surface area contributed by atoms with Crippen LogP contribution in [0.5, 0.6) is 5.75 Å². The van der Waals surface area contributed by atoms with E-state index in [1.807, 2.05) is 0 Å². The van der Waals surface area contributed by atoms with Crippen molar-refractivity contribution >= 4 is 22.5 Å². The molecule has 3 heterocycles. The number of piperidine rings is 1. The minimum absolute atomic E-state index is 0.156. The maximum absolute atomic E-state index is 13.5. The minimum Gasteiger partial charge on any atom is -0.494 e. The van der Waals surface area contributed by atoms with Gasteiger partial charge < -0.3 is 20.7 Å². The number of nitrogens with one attached hydrogen (secondary N) is 2. The molecule has 10 heteroatoms. The van der Waals surface area contributed by atoms with E-state index in [9.17, 15) is 8.78 Å². The number of nitrogens with two attached hydrogens (primary N) is 1. The summed E-state index contributed by atoms with van der Waals surface area (Å²) in [5.74, 6) is 13.3. The number of aromatic nitrogens is 2. The third kappa shape index (κ3) is 7.65. The van der Waals surface area contributed by atoms with Crippen molar-refractivity contribution in [1.82, 2.24) is 14.9 Å². The predicted molar refractivity (Wildman–Crippen MR) is 143 cm³/mol. The van der Waals surface area contributed by atoms with Gasteiger partial charge in [-0.25, -0.2) is 13.8 Å². The zero-order valence-corrected chi connectivity index (χ0v) is 21.7. The van der Waals surface area contributed by atoms with Crippen LogP contribution in [0, 0.1) is 40.9 Å². The lowest BCUT2D eigenvalue weighted by Gasteiger charge is -2.25. The van der Waals surface area contributed by atoms with E-state index in [1.165, 1.54) is 19.4 Å². The Bertz CT molecular complexity index is 1250. The summed E-state index contributed by atoms with van der Waals surface area (Å²) in [7, 11) is 3.56. The van der Waals surface area contributed by atoms with E-state index in [0.717, 1.165) is 50.5 Å². The first-order chi connectivity index (χ1) is 17.8. The van der Waals surface area contributed by atoms with E-state index >= 15 is 0 Å². The van der Waals surface area contributed by atoms with E-state index in [4.69, 9.17) is 15.9 Å². The van der Waals surface area contributed by atoms with Crippen LogP contribution in [0.1, 0.15) is 43.5 Å². The smallest absolute Gasteiger partial charge is 0.280 e. The van der Waals surface area contributed by atoms with Crippen molar-refractivity contribution < 1.29 is 13.5 Å². The fourth-order valence-electron chi connectivity index (χ4n) is 3.88. The number of alkyl halides is 2. The Hall–Kier alpha value is -3.18. The Labute approximate surface area is 220 Å². The largest absolute Gasteiger partial charge is 0.494 e. The molecule has 0 spiro atoms. The number of hydrogen-bond donors (Lipinski definition) is 3. The summed E-state index contributed by atoms with van der Waals surface area (Å²) in [6.45, 7) is 2.00. The maximum Gasteiger partial charge on any atom is 0.280 e. The number of hydrogen-bond acceptors (Lipinski definition) is 8. The molecular weight excluding hydrogens is 494 g/mol. The Morgan fingerprint density at radius 2 is 1.86 bits per heavy atom. The van der Waals surface area contributed by atoms with Gasteiger partial charge in [-0.1, -0.05) is 23.6 Å². The molecule has 37 heavy (non-hydrogen) atoms. The first-order valence-corrected chi connectivity index (χ1v) is 13.0. The summed E-state index contributed by atoms with van der Waals surface area (Å²) in [4.78, 5) is 10.6. The van der Waals surface area contributed by atoms with Crippen LogP contribution in [0.2, 0.25) is 0 Å². The number of rotatable bonds is 6. The topological polar surface area (TPSA) is 100 Å². The molecule has 4 N–H and O–H groups in total. The average Bonchev–Trinajstić information content (AvgIpc) is 3.72. The van der Waals surface area contributed by atoms with E-state index in [2.05, 4.69) is 50.9 Å². The summed E-state index contributed by atoms with van der Waals surface area (Å²) < 4.78 is 32.4. The van der Waals surface area contributed by atoms with E-state index < -0.39 is 11.9 Å². The molecule has 2 fully saturated rings. The van der Waals surface area contributed by atoms with Gasteiger partial charge in [-0.3, -0.25) is 10.4 Å². The van der Waals surface area contributed by atoms with Crippen molar-refractivity contribution in [3.8, 4) is 40.6 Å². The molecule has 1 saturated carbocycles. The van der Waals surface area contributed by atoms with Gasteiger partial charge in [-0.05, 0) is 69.8 Å². The van der Waals surface area contributed by atoms with E-state index in [-0.39, 0.29) is 16.7 Å². The second-order valence-electron chi connectivity index (χ2n) is 9.13. The Balaban J connectivity index is 1.64. The first-order valence-electron chi connectivity index (χ1n) is 12.1. The van der Waals surface area contributed by atoms with Crippen molar-refractivity contribution in [2.24, 2.45) is 17.6 Å². The Kier molecular flexibility index (Phi) is 8.99. The highest BCUT2D eigenvalue weighted by atomic mass is 32.2. The summed E-state index contributed by atoms with van der Waals surface area (Å²) in [5.41, 5.74) is 7.16. The number of thioether (sulfide) groups is 1. The van der Waals surface area contributed by atoms with Gasteiger partial charge >= 0.3 is 0 Å². The predicted octanol–water partition coefficient (Wildman–Crippen LogP) is 4.56. The fourth-order valence-corrected chi connectivity index (χ4v) is 4.43. The maximum atomic E-state index is 13.5. The molecule has 0 radical (unpaired) electrons. The molecule has 2 aliphatic rings. The van der Waals surface area contributed by atoms with Gasteiger partial charge in [0.15, 0.2) is 0 Å². The lowest BCUT2D eigenvalue weighted by Crippen LogP contribution is -2.29. The molecule has 4 rings (SSSR count). The molecular formula is C27H30F2N6OS. The monoisotopic (exact) mass is 524 g/mol. The summed E-state index contributed by atoms with van der Waals surface area (Å²) >= 11 is 1.07. The summed E-state index contributed by atoms with van der Waals surface area (Å²) in [6.07, 6.45) is 4.26. The zero-order chi connectivity index (χ0) is 26.4. The van der Waals surface area contributed by atoms with Gasteiger partial charge in [-0.15, -0.1) is 0 Å². The van der Waals surface area contributed by atoms with Crippen LogP contribution in [-0.4, -0.2) is 52.7 Å². The van der Waals surface area contributed by atoms with Crippen LogP contribution < -0.4 is 15.8 Å². The second-order valence-corrected chi connectivity index (χ2v) is 10.3. The molecule has 1 saturated heterocycles. The molecule has 2 aromatic rings. The highest BCUT2D eigenvalue weighted by Gasteiger charge is 2.20. The van der Waals surface area contributed by atoms with E-state index in [0.29, 0.717) is 34.2 Å². The molecule has 1 aliphatic heterocycles. The van der Waals surface area contributed by atoms with Crippen molar-refractivity contribution in [1.29, 1.82) is 5.41 Å². The standard InChI is InChI=1S/C27H30F2N6OS/c1-35-11-9-18(10-12-35)5-7-19-13-20(21-14-22(26(28)29)33-16-24(21)36-2)23(15-32-19)34-27(31)37-25(30)8-6-17-3-4-17/h13-18,26-27,30,34H,3-4,9-12,31H2,1-2H3. The third-order valence-electron chi connectivity index (χ3n) is 6.16. The molecule has 0 amide bonds. The molecule has 0 bridgehead atoms. The summed E-state index contributed by atoms with van der Waals surface area (Å²) in [6, 6.07) is 3.05. The van der Waals surface area contributed by atoms with Crippen LogP contribution in [0.4, 0.5) is 14.5 Å². The normalized spacial score (nSPS) is 16.8. The van der Waals surface area contributed by atoms with Crippen LogP contribution in [0.15, 0.2) is 24.5 Å². The summed E-state index contributed by atoms with van der Waals surface area (Å²) in [5, 5.41) is 11.4. The SMILES string of the molecule is COc1cnc(C(F)F)cc1-c1cc(C#CC2CCN(C)CC2)ncc1NC(N)SC(=N)C#CC1CC1. The van der Waals surface area contributed by atoms with Crippen LogP contribution in [0.25, 0.3) is 11.1 Å². The van der Waals surface area contributed by atoms with Crippen molar-refractivity contribution in [3.05, 3.63) is 35.9 Å².